The average Bonchev–Trinajstić information content (AvgIpc) is 2.66. The number of alkyl halides is 3. The number of hydrogen-bond acceptors (Lipinski definition) is 4. The van der Waals surface area contributed by atoms with E-state index < -0.39 is 29.7 Å². The van der Waals surface area contributed by atoms with Crippen molar-refractivity contribution >= 4 is 29.4 Å². The minimum Gasteiger partial charge on any atom is -0.449 e. The maximum absolute atomic E-state index is 12.7. The quantitative estimate of drug-likeness (QED) is 0.437. The van der Waals surface area contributed by atoms with E-state index in [0.717, 1.165) is 24.3 Å². The number of rotatable bonds is 6. The highest BCUT2D eigenvalue weighted by Gasteiger charge is 2.30. The van der Waals surface area contributed by atoms with Gasteiger partial charge in [0.15, 0.2) is 11.9 Å². The van der Waals surface area contributed by atoms with Gasteiger partial charge in [-0.15, -0.1) is 0 Å². The fraction of sp³-hybridized carbons (Fsp3) is 0.190. The molecule has 0 aromatic heterocycles. The number of benzene rings is 2. The SMILES string of the molecule is CC(=O)c1ccccc1NC(=O)C(C)OC(=O)/C=C/c1cccc(C(F)(F)F)c1. The zero-order chi connectivity index (χ0) is 21.6. The van der Waals surface area contributed by atoms with Crippen LogP contribution in [0.5, 0.6) is 0 Å². The molecule has 2 rings (SSSR count). The summed E-state index contributed by atoms with van der Waals surface area (Å²) in [5, 5.41) is 2.51. The fourth-order valence-electron chi connectivity index (χ4n) is 2.38. The van der Waals surface area contributed by atoms with Crippen molar-refractivity contribution in [2.24, 2.45) is 0 Å². The smallest absolute Gasteiger partial charge is 0.416 e. The Labute approximate surface area is 165 Å². The van der Waals surface area contributed by atoms with Crippen LogP contribution < -0.4 is 5.32 Å². The van der Waals surface area contributed by atoms with Crippen molar-refractivity contribution in [1.29, 1.82) is 0 Å². The summed E-state index contributed by atoms with van der Waals surface area (Å²) >= 11 is 0. The second-order valence-corrected chi connectivity index (χ2v) is 6.13. The summed E-state index contributed by atoms with van der Waals surface area (Å²) in [6.45, 7) is 2.69. The minimum atomic E-state index is -4.49. The van der Waals surface area contributed by atoms with Crippen LogP contribution >= 0.6 is 0 Å². The van der Waals surface area contributed by atoms with Gasteiger partial charge in [-0.3, -0.25) is 9.59 Å². The molecule has 8 heteroatoms. The molecule has 2 aromatic carbocycles. The Morgan fingerprint density at radius 3 is 2.41 bits per heavy atom. The van der Waals surface area contributed by atoms with Crippen LogP contribution in [0.1, 0.15) is 35.3 Å². The summed E-state index contributed by atoms with van der Waals surface area (Å²) in [5.41, 5.74) is -0.0922. The van der Waals surface area contributed by atoms with Gasteiger partial charge in [-0.05, 0) is 49.8 Å². The van der Waals surface area contributed by atoms with Gasteiger partial charge in [0.1, 0.15) is 0 Å². The number of anilines is 1. The van der Waals surface area contributed by atoms with Crippen molar-refractivity contribution in [2.45, 2.75) is 26.1 Å². The summed E-state index contributed by atoms with van der Waals surface area (Å²) in [4.78, 5) is 35.7. The molecule has 1 atom stereocenters. The molecule has 0 saturated heterocycles. The van der Waals surface area contributed by atoms with Crippen LogP contribution in [-0.4, -0.2) is 23.8 Å². The molecule has 0 bridgehead atoms. The molecule has 0 heterocycles. The largest absolute Gasteiger partial charge is 0.449 e. The summed E-state index contributed by atoms with van der Waals surface area (Å²) in [7, 11) is 0. The van der Waals surface area contributed by atoms with Gasteiger partial charge >= 0.3 is 12.1 Å². The van der Waals surface area contributed by atoms with E-state index in [1.165, 1.54) is 32.0 Å². The van der Waals surface area contributed by atoms with E-state index in [9.17, 15) is 27.6 Å². The number of amides is 1. The molecule has 0 aliphatic rings. The molecule has 29 heavy (non-hydrogen) atoms. The van der Waals surface area contributed by atoms with E-state index in [-0.39, 0.29) is 17.0 Å². The number of carbonyl (C=O) groups excluding carboxylic acids is 3. The molecule has 5 nitrogen and oxygen atoms in total. The highest BCUT2D eigenvalue weighted by molar-refractivity contribution is 6.05. The van der Waals surface area contributed by atoms with Crippen molar-refractivity contribution in [1.82, 2.24) is 0 Å². The van der Waals surface area contributed by atoms with Crippen LogP contribution in [-0.2, 0) is 20.5 Å². The third-order valence-corrected chi connectivity index (χ3v) is 3.85. The number of esters is 1. The Morgan fingerprint density at radius 1 is 1.07 bits per heavy atom. The molecule has 2 aromatic rings. The van der Waals surface area contributed by atoms with Gasteiger partial charge < -0.3 is 10.1 Å². The zero-order valence-corrected chi connectivity index (χ0v) is 15.6. The van der Waals surface area contributed by atoms with Crippen LogP contribution in [0.25, 0.3) is 6.08 Å². The Hall–Kier alpha value is -3.42. The molecule has 152 valence electrons. The van der Waals surface area contributed by atoms with Crippen LogP contribution in [0, 0.1) is 0 Å². The Kier molecular flexibility index (Phi) is 6.93. The number of halogens is 3. The molecule has 0 spiro atoms. The lowest BCUT2D eigenvalue weighted by Crippen LogP contribution is -2.30. The fourth-order valence-corrected chi connectivity index (χ4v) is 2.38. The molecular weight excluding hydrogens is 387 g/mol. The lowest BCUT2D eigenvalue weighted by Gasteiger charge is -2.14. The summed E-state index contributed by atoms with van der Waals surface area (Å²) in [6, 6.07) is 10.8. The molecule has 0 radical (unpaired) electrons. The Balaban J connectivity index is 1.99. The van der Waals surface area contributed by atoms with Crippen molar-refractivity contribution in [3.05, 3.63) is 71.3 Å². The number of ether oxygens (including phenoxy) is 1. The highest BCUT2D eigenvalue weighted by Crippen LogP contribution is 2.29. The maximum Gasteiger partial charge on any atom is 0.416 e. The monoisotopic (exact) mass is 405 g/mol. The molecule has 0 saturated carbocycles. The van der Waals surface area contributed by atoms with E-state index in [1.54, 1.807) is 18.2 Å². The number of Topliss-reactive ketones (excluding diaryl/α,β-unsaturated/α-hetero) is 1. The maximum atomic E-state index is 12.7. The first kappa shape index (κ1) is 21.9. The lowest BCUT2D eigenvalue weighted by molar-refractivity contribution is -0.148. The van der Waals surface area contributed by atoms with E-state index in [1.807, 2.05) is 0 Å². The summed E-state index contributed by atoms with van der Waals surface area (Å²) in [5.74, 6) is -1.79. The number of para-hydroxylation sites is 1. The highest BCUT2D eigenvalue weighted by atomic mass is 19.4. The minimum absolute atomic E-state index is 0.157. The first-order chi connectivity index (χ1) is 13.6. The van der Waals surface area contributed by atoms with Crippen LogP contribution in [0.2, 0.25) is 0 Å². The van der Waals surface area contributed by atoms with Gasteiger partial charge in [0, 0.05) is 11.6 Å². The number of nitrogens with one attached hydrogen (secondary N) is 1. The van der Waals surface area contributed by atoms with Crippen molar-refractivity contribution in [3.8, 4) is 0 Å². The van der Waals surface area contributed by atoms with E-state index >= 15 is 0 Å². The van der Waals surface area contributed by atoms with Crippen LogP contribution in [0.3, 0.4) is 0 Å². The van der Waals surface area contributed by atoms with E-state index in [0.29, 0.717) is 5.56 Å². The molecular formula is C21H18F3NO4. The van der Waals surface area contributed by atoms with E-state index in [2.05, 4.69) is 5.32 Å². The topological polar surface area (TPSA) is 72.5 Å². The van der Waals surface area contributed by atoms with Gasteiger partial charge in [0.05, 0.1) is 11.3 Å². The predicted molar refractivity (Wildman–Crippen MR) is 101 cm³/mol. The normalized spacial score (nSPS) is 12.4. The first-order valence-corrected chi connectivity index (χ1v) is 8.54. The molecule has 1 unspecified atom stereocenters. The number of ketones is 1. The predicted octanol–water partition coefficient (Wildman–Crippen LogP) is 4.49. The van der Waals surface area contributed by atoms with Crippen LogP contribution in [0.4, 0.5) is 18.9 Å². The van der Waals surface area contributed by atoms with Crippen molar-refractivity contribution in [3.63, 3.8) is 0 Å². The number of hydrogen-bond donors (Lipinski definition) is 1. The first-order valence-electron chi connectivity index (χ1n) is 8.54. The van der Waals surface area contributed by atoms with Crippen molar-refractivity contribution in [2.75, 3.05) is 5.32 Å². The van der Waals surface area contributed by atoms with Gasteiger partial charge in [0.2, 0.25) is 0 Å². The Bertz CT molecular complexity index is 951. The third-order valence-electron chi connectivity index (χ3n) is 3.85. The standard InChI is InChI=1S/C21H18F3NO4/c1-13(26)17-8-3-4-9-18(17)25-20(28)14(2)29-19(27)11-10-15-6-5-7-16(12-15)21(22,23)24/h3-12,14H,1-2H3,(H,25,28)/b11-10+. The molecule has 1 amide bonds. The Morgan fingerprint density at radius 2 is 1.76 bits per heavy atom. The number of carbonyl (C=O) groups is 3. The lowest BCUT2D eigenvalue weighted by atomic mass is 10.1. The molecule has 0 aliphatic carbocycles. The van der Waals surface area contributed by atoms with Gasteiger partial charge in [-0.25, -0.2) is 4.79 Å². The third kappa shape index (κ3) is 6.31. The van der Waals surface area contributed by atoms with Gasteiger partial charge in [-0.2, -0.15) is 13.2 Å². The molecule has 0 fully saturated rings. The molecule has 0 aliphatic heterocycles. The van der Waals surface area contributed by atoms with Gasteiger partial charge in [0.25, 0.3) is 5.91 Å². The second kappa shape index (κ2) is 9.18. The van der Waals surface area contributed by atoms with E-state index in [4.69, 9.17) is 4.74 Å². The second-order valence-electron chi connectivity index (χ2n) is 6.13. The summed E-state index contributed by atoms with van der Waals surface area (Å²) < 4.78 is 43.1. The molecule has 1 N–H and O–H groups in total. The summed E-state index contributed by atoms with van der Waals surface area (Å²) in [6.07, 6.45) is -3.59. The van der Waals surface area contributed by atoms with Crippen LogP contribution in [0.15, 0.2) is 54.6 Å². The van der Waals surface area contributed by atoms with Crippen molar-refractivity contribution < 1.29 is 32.3 Å². The van der Waals surface area contributed by atoms with Gasteiger partial charge in [-0.1, -0.05) is 24.3 Å². The zero-order valence-electron chi connectivity index (χ0n) is 15.6. The average molecular weight is 405 g/mol.